The Morgan fingerprint density at radius 3 is 2.57 bits per heavy atom. The van der Waals surface area contributed by atoms with Gasteiger partial charge in [0.15, 0.2) is 11.0 Å². The molecule has 0 atom stereocenters. The average molecular weight is 476 g/mol. The van der Waals surface area contributed by atoms with Gasteiger partial charge in [-0.15, -0.1) is 21.5 Å². The number of halogens is 3. The van der Waals surface area contributed by atoms with E-state index in [0.717, 1.165) is 17.8 Å². The zero-order valence-corrected chi connectivity index (χ0v) is 19.0. The van der Waals surface area contributed by atoms with Gasteiger partial charge in [0.2, 0.25) is 5.91 Å². The fourth-order valence-electron chi connectivity index (χ4n) is 2.51. The van der Waals surface area contributed by atoms with Gasteiger partial charge in [-0.05, 0) is 31.5 Å². The molecule has 0 aliphatic heterocycles. The summed E-state index contributed by atoms with van der Waals surface area (Å²) in [5.41, 5.74) is 1.47. The Labute approximate surface area is 186 Å². The molecule has 1 aromatic carbocycles. The first-order chi connectivity index (χ1) is 13.4. The van der Waals surface area contributed by atoms with Crippen molar-refractivity contribution in [1.29, 1.82) is 0 Å². The van der Waals surface area contributed by atoms with Crippen LogP contribution < -0.4 is 5.32 Å². The first-order valence-corrected chi connectivity index (χ1v) is 11.5. The molecule has 0 aliphatic rings. The lowest BCUT2D eigenvalue weighted by Crippen LogP contribution is -2.15. The van der Waals surface area contributed by atoms with Crippen molar-refractivity contribution < 1.29 is 4.79 Å². The van der Waals surface area contributed by atoms with Gasteiger partial charge in [-0.2, -0.15) is 0 Å². The van der Waals surface area contributed by atoms with Crippen molar-refractivity contribution in [3.05, 3.63) is 43.5 Å². The van der Waals surface area contributed by atoms with Gasteiger partial charge in [0.05, 0.1) is 26.5 Å². The lowest BCUT2D eigenvalue weighted by Gasteiger charge is -2.09. The molecule has 0 bridgehead atoms. The van der Waals surface area contributed by atoms with Gasteiger partial charge >= 0.3 is 0 Å². The predicted octanol–water partition coefficient (Wildman–Crippen LogP) is 6.28. The summed E-state index contributed by atoms with van der Waals surface area (Å²) < 4.78 is 2.01. The Kier molecular flexibility index (Phi) is 7.28. The first kappa shape index (κ1) is 21.5. The van der Waals surface area contributed by atoms with Crippen LogP contribution in [0, 0.1) is 0 Å². The van der Waals surface area contributed by atoms with Crippen LogP contribution in [-0.2, 0) is 17.8 Å². The average Bonchev–Trinajstić information content (AvgIpc) is 3.30. The molecule has 0 saturated carbocycles. The number of carbonyl (C=O) groups is 1. The summed E-state index contributed by atoms with van der Waals surface area (Å²) in [6, 6.07) is 5.16. The molecule has 3 aromatic rings. The normalized spacial score (nSPS) is 11.0. The molecule has 1 amide bonds. The molecule has 0 fully saturated rings. The zero-order chi connectivity index (χ0) is 20.3. The number of hydrogen-bond donors (Lipinski definition) is 1. The molecule has 2 aromatic heterocycles. The molecular weight excluding hydrogens is 459 g/mol. The molecule has 0 unspecified atom stereocenters. The van der Waals surface area contributed by atoms with E-state index in [2.05, 4.69) is 33.9 Å². The van der Waals surface area contributed by atoms with Gasteiger partial charge in [-0.1, -0.05) is 53.5 Å². The van der Waals surface area contributed by atoms with Gasteiger partial charge in [-0.3, -0.25) is 4.79 Å². The lowest BCUT2D eigenvalue weighted by atomic mass is 10.2. The predicted molar refractivity (Wildman–Crippen MR) is 119 cm³/mol. The topological polar surface area (TPSA) is 59.8 Å². The number of anilines is 1. The maximum Gasteiger partial charge on any atom is 0.234 e. The van der Waals surface area contributed by atoms with Gasteiger partial charge in [0, 0.05) is 22.4 Å². The van der Waals surface area contributed by atoms with E-state index in [0.29, 0.717) is 32.5 Å². The number of rotatable bonds is 7. The molecule has 2 heterocycles. The van der Waals surface area contributed by atoms with E-state index >= 15 is 0 Å². The third kappa shape index (κ3) is 4.83. The third-order valence-corrected chi connectivity index (χ3v) is 6.99. The summed E-state index contributed by atoms with van der Waals surface area (Å²) in [7, 11) is 0. The molecule has 0 spiro atoms. The zero-order valence-electron chi connectivity index (χ0n) is 15.1. The van der Waals surface area contributed by atoms with Gasteiger partial charge in [0.1, 0.15) is 0 Å². The van der Waals surface area contributed by atoms with E-state index in [1.54, 1.807) is 11.3 Å². The minimum Gasteiger partial charge on any atom is -0.324 e. The quantitative estimate of drug-likeness (QED) is 0.323. The second-order valence-corrected chi connectivity index (χ2v) is 8.95. The van der Waals surface area contributed by atoms with Crippen LogP contribution in [0.15, 0.2) is 28.7 Å². The molecule has 28 heavy (non-hydrogen) atoms. The van der Waals surface area contributed by atoms with Crippen LogP contribution in [0.5, 0.6) is 0 Å². The third-order valence-electron chi connectivity index (χ3n) is 3.91. The second-order valence-electron chi connectivity index (χ2n) is 5.79. The van der Waals surface area contributed by atoms with Crippen molar-refractivity contribution in [1.82, 2.24) is 14.8 Å². The molecule has 148 valence electrons. The summed E-state index contributed by atoms with van der Waals surface area (Å²) >= 11 is 21.0. The van der Waals surface area contributed by atoms with Gasteiger partial charge < -0.3 is 9.88 Å². The van der Waals surface area contributed by atoms with Crippen LogP contribution in [0.2, 0.25) is 15.1 Å². The number of thiophene rings is 1. The van der Waals surface area contributed by atoms with Crippen molar-refractivity contribution in [3.8, 4) is 11.4 Å². The van der Waals surface area contributed by atoms with E-state index in [4.69, 9.17) is 34.8 Å². The monoisotopic (exact) mass is 474 g/mol. The molecule has 1 N–H and O–H groups in total. The number of hydrogen-bond acceptors (Lipinski definition) is 5. The highest BCUT2D eigenvalue weighted by Gasteiger charge is 2.16. The van der Waals surface area contributed by atoms with E-state index < -0.39 is 0 Å². The molecule has 5 nitrogen and oxygen atoms in total. The van der Waals surface area contributed by atoms with E-state index in [9.17, 15) is 4.79 Å². The first-order valence-electron chi connectivity index (χ1n) is 8.51. The van der Waals surface area contributed by atoms with E-state index in [-0.39, 0.29) is 11.7 Å². The Morgan fingerprint density at radius 1 is 1.14 bits per heavy atom. The summed E-state index contributed by atoms with van der Waals surface area (Å²) in [5, 5.41) is 15.1. The number of nitrogens with zero attached hydrogens (tertiary/aromatic N) is 3. The number of benzene rings is 1. The maximum absolute atomic E-state index is 12.3. The Bertz CT molecular complexity index is 1000. The number of thioether (sulfide) groups is 1. The Hall–Kier alpha value is -1.25. The summed E-state index contributed by atoms with van der Waals surface area (Å²) in [6.07, 6.45) is 0.990. The summed E-state index contributed by atoms with van der Waals surface area (Å²) in [5.74, 6) is 0.758. The smallest absolute Gasteiger partial charge is 0.234 e. The van der Waals surface area contributed by atoms with Crippen molar-refractivity contribution >= 4 is 69.5 Å². The van der Waals surface area contributed by atoms with Crippen LogP contribution >= 0.6 is 57.9 Å². The molecule has 10 heteroatoms. The standard InChI is InChI=1S/C18H17Cl3N4OS2/c1-3-11-5-10(8-27-11)17-23-24-18(25(17)4-2)28-9-16(26)22-15-7-13(20)12(19)6-14(15)21/h5-8H,3-4,9H2,1-2H3,(H,22,26). The second kappa shape index (κ2) is 9.50. The van der Waals surface area contributed by atoms with Crippen molar-refractivity contribution in [2.75, 3.05) is 11.1 Å². The van der Waals surface area contributed by atoms with Crippen LogP contribution in [0.1, 0.15) is 18.7 Å². The molecule has 0 aliphatic carbocycles. The largest absolute Gasteiger partial charge is 0.324 e. The summed E-state index contributed by atoms with van der Waals surface area (Å²) in [6.45, 7) is 4.86. The Morgan fingerprint density at radius 2 is 1.89 bits per heavy atom. The molecular formula is C18H17Cl3N4OS2. The fraction of sp³-hybridized carbons (Fsp3) is 0.278. The van der Waals surface area contributed by atoms with Crippen LogP contribution in [0.3, 0.4) is 0 Å². The highest BCUT2D eigenvalue weighted by Crippen LogP contribution is 2.32. The lowest BCUT2D eigenvalue weighted by molar-refractivity contribution is -0.113. The van der Waals surface area contributed by atoms with Crippen LogP contribution in [0.4, 0.5) is 5.69 Å². The number of amides is 1. The number of aryl methyl sites for hydroxylation is 1. The molecule has 3 rings (SSSR count). The van der Waals surface area contributed by atoms with Crippen molar-refractivity contribution in [3.63, 3.8) is 0 Å². The number of carbonyl (C=O) groups excluding carboxylic acids is 1. The minimum atomic E-state index is -0.221. The summed E-state index contributed by atoms with van der Waals surface area (Å²) in [4.78, 5) is 13.6. The van der Waals surface area contributed by atoms with Gasteiger partial charge in [-0.25, -0.2) is 0 Å². The SMILES string of the molecule is CCc1cc(-c2nnc(SCC(=O)Nc3cc(Cl)c(Cl)cc3Cl)n2CC)cs1. The minimum absolute atomic E-state index is 0.165. The van der Waals surface area contributed by atoms with Crippen LogP contribution in [0.25, 0.3) is 11.4 Å². The highest BCUT2D eigenvalue weighted by molar-refractivity contribution is 7.99. The van der Waals surface area contributed by atoms with Crippen molar-refractivity contribution in [2.45, 2.75) is 32.0 Å². The maximum atomic E-state index is 12.3. The van der Waals surface area contributed by atoms with Gasteiger partial charge in [0.25, 0.3) is 0 Å². The number of nitrogens with one attached hydrogen (secondary N) is 1. The van der Waals surface area contributed by atoms with Crippen molar-refractivity contribution in [2.24, 2.45) is 0 Å². The number of aromatic nitrogens is 3. The van der Waals surface area contributed by atoms with Crippen LogP contribution in [-0.4, -0.2) is 26.4 Å². The van der Waals surface area contributed by atoms with E-state index in [1.165, 1.54) is 28.8 Å². The molecule has 0 saturated heterocycles. The van der Waals surface area contributed by atoms with E-state index in [1.807, 2.05) is 11.5 Å². The highest BCUT2D eigenvalue weighted by atomic mass is 35.5. The fourth-order valence-corrected chi connectivity index (χ4v) is 4.72. The molecule has 0 radical (unpaired) electrons. The Balaban J connectivity index is 1.69.